The summed E-state index contributed by atoms with van der Waals surface area (Å²) < 4.78 is 13.8. The molecule has 0 aromatic heterocycles. The molecule has 0 saturated carbocycles. The van der Waals surface area contributed by atoms with E-state index in [-0.39, 0.29) is 5.82 Å². The van der Waals surface area contributed by atoms with Gasteiger partial charge in [0.15, 0.2) is 0 Å². The zero-order valence-corrected chi connectivity index (χ0v) is 12.3. The van der Waals surface area contributed by atoms with Crippen molar-refractivity contribution < 1.29 is 14.3 Å². The maximum atomic E-state index is 13.8. The normalized spacial score (nSPS) is 23.1. The predicted octanol–water partition coefficient (Wildman–Crippen LogP) is 3.56. The molecule has 1 fully saturated rings. The Morgan fingerprint density at radius 1 is 1.55 bits per heavy atom. The first kappa shape index (κ1) is 15.3. The molecule has 1 aliphatic heterocycles. The largest absolute Gasteiger partial charge is 0.481 e. The van der Waals surface area contributed by atoms with Gasteiger partial charge in [-0.05, 0) is 31.5 Å². The fourth-order valence-corrected chi connectivity index (χ4v) is 3.11. The highest BCUT2D eigenvalue weighted by molar-refractivity contribution is 6.30. The van der Waals surface area contributed by atoms with Crippen LogP contribution in [0.3, 0.4) is 0 Å². The lowest BCUT2D eigenvalue weighted by atomic mass is 9.83. The molecule has 0 aliphatic carbocycles. The van der Waals surface area contributed by atoms with Gasteiger partial charge in [-0.1, -0.05) is 31.0 Å². The van der Waals surface area contributed by atoms with Crippen LogP contribution in [0.15, 0.2) is 18.2 Å². The topological polar surface area (TPSA) is 40.5 Å². The molecule has 1 aromatic rings. The smallest absolute Gasteiger partial charge is 0.310 e. The highest BCUT2D eigenvalue weighted by Gasteiger charge is 2.43. The van der Waals surface area contributed by atoms with E-state index in [0.717, 1.165) is 6.42 Å². The summed E-state index contributed by atoms with van der Waals surface area (Å²) in [6.07, 6.45) is 2.14. The number of hydrogen-bond donors (Lipinski definition) is 1. The molecule has 0 bridgehead atoms. The van der Waals surface area contributed by atoms with Gasteiger partial charge >= 0.3 is 5.97 Å². The van der Waals surface area contributed by atoms with Gasteiger partial charge in [0.05, 0.1) is 5.41 Å². The van der Waals surface area contributed by atoms with Gasteiger partial charge in [0.1, 0.15) is 5.82 Å². The summed E-state index contributed by atoms with van der Waals surface area (Å²) in [7, 11) is 0. The van der Waals surface area contributed by atoms with Crippen LogP contribution in [0.2, 0.25) is 5.02 Å². The summed E-state index contributed by atoms with van der Waals surface area (Å²) in [5, 5.41) is 9.83. The molecular weight excluding hydrogens is 281 g/mol. The van der Waals surface area contributed by atoms with Gasteiger partial charge in [-0.15, -0.1) is 0 Å². The maximum absolute atomic E-state index is 13.8. The number of nitrogens with zero attached hydrogens (tertiary/aromatic N) is 1. The second-order valence-electron chi connectivity index (χ2n) is 5.53. The highest BCUT2D eigenvalue weighted by Crippen LogP contribution is 2.36. The van der Waals surface area contributed by atoms with Gasteiger partial charge in [0, 0.05) is 23.7 Å². The van der Waals surface area contributed by atoms with Gasteiger partial charge in [-0.25, -0.2) is 4.39 Å². The van der Waals surface area contributed by atoms with Crippen molar-refractivity contribution in [2.75, 3.05) is 13.1 Å². The van der Waals surface area contributed by atoms with Crippen molar-refractivity contribution in [1.82, 2.24) is 4.90 Å². The monoisotopic (exact) mass is 299 g/mol. The molecule has 0 spiro atoms. The fraction of sp³-hybridized carbons (Fsp3) is 0.533. The van der Waals surface area contributed by atoms with Gasteiger partial charge in [0.2, 0.25) is 0 Å². The van der Waals surface area contributed by atoms with Crippen molar-refractivity contribution in [1.29, 1.82) is 0 Å². The van der Waals surface area contributed by atoms with Crippen LogP contribution in [0.1, 0.15) is 31.7 Å². The lowest BCUT2D eigenvalue weighted by molar-refractivity contribution is -0.148. The minimum atomic E-state index is -0.738. The van der Waals surface area contributed by atoms with Crippen LogP contribution < -0.4 is 0 Å². The first-order valence-electron chi connectivity index (χ1n) is 6.86. The minimum Gasteiger partial charge on any atom is -0.481 e. The number of likely N-dealkylation sites (tertiary alicyclic amines) is 1. The number of benzene rings is 1. The first-order valence-corrected chi connectivity index (χ1v) is 7.24. The Kier molecular flexibility index (Phi) is 4.66. The second kappa shape index (κ2) is 6.10. The van der Waals surface area contributed by atoms with Crippen LogP contribution in [0.5, 0.6) is 0 Å². The van der Waals surface area contributed by atoms with E-state index >= 15 is 0 Å². The van der Waals surface area contributed by atoms with E-state index < -0.39 is 11.4 Å². The summed E-state index contributed by atoms with van der Waals surface area (Å²) in [4.78, 5) is 13.5. The fourth-order valence-electron chi connectivity index (χ4n) is 2.95. The van der Waals surface area contributed by atoms with Crippen molar-refractivity contribution in [3.05, 3.63) is 34.6 Å². The quantitative estimate of drug-likeness (QED) is 0.904. The molecule has 0 radical (unpaired) electrons. The number of halogens is 2. The number of carboxylic acids is 1. The molecule has 1 unspecified atom stereocenters. The first-order chi connectivity index (χ1) is 9.47. The molecule has 1 heterocycles. The number of hydrogen-bond acceptors (Lipinski definition) is 2. The molecule has 1 aromatic carbocycles. The Balaban J connectivity index is 2.07. The number of rotatable bonds is 5. The molecule has 1 saturated heterocycles. The van der Waals surface area contributed by atoms with Gasteiger partial charge < -0.3 is 5.11 Å². The van der Waals surface area contributed by atoms with E-state index in [1.807, 2.05) is 11.8 Å². The van der Waals surface area contributed by atoms with Crippen LogP contribution >= 0.6 is 11.6 Å². The zero-order chi connectivity index (χ0) is 14.8. The summed E-state index contributed by atoms with van der Waals surface area (Å²) in [5.74, 6) is -1.07. The SMILES string of the molecule is CCCC1(C(=O)O)CCN(Cc2ccc(Cl)cc2F)C1. The summed E-state index contributed by atoms with van der Waals surface area (Å²) in [5.41, 5.74) is -0.107. The van der Waals surface area contributed by atoms with Crippen molar-refractivity contribution >= 4 is 17.6 Å². The van der Waals surface area contributed by atoms with Crippen molar-refractivity contribution in [2.45, 2.75) is 32.7 Å². The third-order valence-corrected chi connectivity index (χ3v) is 4.26. The lowest BCUT2D eigenvalue weighted by Gasteiger charge is -2.24. The Morgan fingerprint density at radius 2 is 2.30 bits per heavy atom. The molecular formula is C15H19ClFNO2. The van der Waals surface area contributed by atoms with Gasteiger partial charge in [-0.2, -0.15) is 0 Å². The number of carboxylic acid groups (broad SMARTS) is 1. The molecule has 0 amide bonds. The summed E-state index contributed by atoms with van der Waals surface area (Å²) in [6.45, 7) is 3.60. The average molecular weight is 300 g/mol. The Bertz CT molecular complexity index is 509. The number of aliphatic carboxylic acids is 1. The summed E-state index contributed by atoms with van der Waals surface area (Å²) >= 11 is 5.73. The van der Waals surface area contributed by atoms with Gasteiger partial charge in [-0.3, -0.25) is 9.69 Å². The molecule has 3 nitrogen and oxygen atoms in total. The predicted molar refractivity (Wildman–Crippen MR) is 76.3 cm³/mol. The van der Waals surface area contributed by atoms with E-state index in [1.54, 1.807) is 12.1 Å². The minimum absolute atomic E-state index is 0.333. The molecule has 1 aliphatic rings. The van der Waals surface area contributed by atoms with Crippen LogP contribution in [-0.4, -0.2) is 29.1 Å². The van der Waals surface area contributed by atoms with Crippen LogP contribution in [0, 0.1) is 11.2 Å². The molecule has 1 N–H and O–H groups in total. The van der Waals surface area contributed by atoms with E-state index in [0.29, 0.717) is 43.1 Å². The Hall–Kier alpha value is -1.13. The van der Waals surface area contributed by atoms with Crippen molar-refractivity contribution in [3.63, 3.8) is 0 Å². The standard InChI is InChI=1S/C15H19ClFNO2/c1-2-5-15(14(19)20)6-7-18(10-15)9-11-3-4-12(16)8-13(11)17/h3-4,8H,2,5-7,9-10H2,1H3,(H,19,20). The van der Waals surface area contributed by atoms with Crippen LogP contribution in [0.4, 0.5) is 4.39 Å². The molecule has 5 heteroatoms. The second-order valence-corrected chi connectivity index (χ2v) is 5.97. The van der Waals surface area contributed by atoms with Gasteiger partial charge in [0.25, 0.3) is 0 Å². The Labute approximate surface area is 123 Å². The summed E-state index contributed by atoms with van der Waals surface area (Å²) in [6, 6.07) is 4.62. The maximum Gasteiger partial charge on any atom is 0.310 e. The van der Waals surface area contributed by atoms with E-state index in [1.165, 1.54) is 6.07 Å². The lowest BCUT2D eigenvalue weighted by Crippen LogP contribution is -2.34. The zero-order valence-electron chi connectivity index (χ0n) is 11.5. The average Bonchev–Trinajstić information content (AvgIpc) is 2.78. The van der Waals surface area contributed by atoms with E-state index in [2.05, 4.69) is 0 Å². The number of carbonyl (C=O) groups is 1. The van der Waals surface area contributed by atoms with E-state index in [4.69, 9.17) is 11.6 Å². The molecule has 110 valence electrons. The third-order valence-electron chi connectivity index (χ3n) is 4.02. The van der Waals surface area contributed by atoms with E-state index in [9.17, 15) is 14.3 Å². The molecule has 20 heavy (non-hydrogen) atoms. The highest BCUT2D eigenvalue weighted by atomic mass is 35.5. The van der Waals surface area contributed by atoms with Crippen LogP contribution in [-0.2, 0) is 11.3 Å². The van der Waals surface area contributed by atoms with Crippen molar-refractivity contribution in [2.24, 2.45) is 5.41 Å². The third kappa shape index (κ3) is 3.13. The molecule has 2 rings (SSSR count). The van der Waals surface area contributed by atoms with Crippen LogP contribution in [0.25, 0.3) is 0 Å². The Morgan fingerprint density at radius 3 is 2.90 bits per heavy atom. The molecule has 1 atom stereocenters. The van der Waals surface area contributed by atoms with Crippen molar-refractivity contribution in [3.8, 4) is 0 Å².